The van der Waals surface area contributed by atoms with Crippen LogP contribution >= 0.6 is 12.6 Å². The van der Waals surface area contributed by atoms with Crippen LogP contribution in [-0.4, -0.2) is 24.3 Å². The zero-order valence-electron chi connectivity index (χ0n) is 6.04. The number of rotatable bonds is 3. The largest absolute Gasteiger partial charge is 0.360 e. The van der Waals surface area contributed by atoms with Gasteiger partial charge in [-0.2, -0.15) is 12.6 Å². The first-order valence-corrected chi connectivity index (χ1v) is 3.93. The van der Waals surface area contributed by atoms with Gasteiger partial charge < -0.3 is 9.88 Å². The van der Waals surface area contributed by atoms with Crippen LogP contribution in [0.3, 0.4) is 0 Å². The maximum absolute atomic E-state index is 4.14. The summed E-state index contributed by atoms with van der Waals surface area (Å²) in [4.78, 5) is 5.25. The van der Waals surface area contributed by atoms with Gasteiger partial charge in [0.25, 0.3) is 0 Å². The molecule has 0 bridgehead atoms. The Bertz CT molecular complexity index is 172. The Balaban J connectivity index is 2.50. The molecule has 0 unspecified atom stereocenters. The number of nitrogens with one attached hydrogen (secondary N) is 1. The molecule has 0 radical (unpaired) electrons. The second kappa shape index (κ2) is 3.56. The number of hydrogen-bond donors (Lipinski definition) is 2. The third-order valence-corrected chi connectivity index (χ3v) is 1.63. The summed E-state index contributed by atoms with van der Waals surface area (Å²) >= 11 is 4.14. The summed E-state index contributed by atoms with van der Waals surface area (Å²) in [7, 11) is 2.04. The van der Waals surface area contributed by atoms with E-state index in [1.807, 2.05) is 25.4 Å². The van der Waals surface area contributed by atoms with Crippen molar-refractivity contribution in [3.05, 3.63) is 18.3 Å². The molecule has 10 heavy (non-hydrogen) atoms. The number of nitrogens with zero attached hydrogens (tertiary/aromatic N) is 1. The van der Waals surface area contributed by atoms with E-state index >= 15 is 0 Å². The van der Waals surface area contributed by atoms with Crippen LogP contribution in [0, 0.1) is 0 Å². The van der Waals surface area contributed by atoms with E-state index < -0.39 is 0 Å². The highest BCUT2D eigenvalue weighted by molar-refractivity contribution is 7.80. The minimum atomic E-state index is 0.884. The predicted octanol–water partition coefficient (Wildman–Crippen LogP) is 1.38. The Morgan fingerprint density at radius 2 is 2.50 bits per heavy atom. The molecule has 0 aromatic carbocycles. The first-order chi connectivity index (χ1) is 4.84. The van der Waals surface area contributed by atoms with Crippen LogP contribution in [0.25, 0.3) is 0 Å². The average Bonchev–Trinajstić information content (AvgIpc) is 2.38. The van der Waals surface area contributed by atoms with Crippen molar-refractivity contribution in [1.29, 1.82) is 0 Å². The van der Waals surface area contributed by atoms with Crippen LogP contribution in [0.2, 0.25) is 0 Å². The Morgan fingerprint density at radius 3 is 3.00 bits per heavy atom. The van der Waals surface area contributed by atoms with Crippen LogP contribution < -0.4 is 4.90 Å². The van der Waals surface area contributed by atoms with E-state index in [4.69, 9.17) is 0 Å². The maximum Gasteiger partial charge on any atom is 0.105 e. The molecule has 0 aliphatic heterocycles. The Labute approximate surface area is 66.7 Å². The molecular weight excluding hydrogens is 144 g/mol. The van der Waals surface area contributed by atoms with Crippen molar-refractivity contribution < 1.29 is 0 Å². The molecule has 0 spiro atoms. The van der Waals surface area contributed by atoms with Gasteiger partial charge in [-0.1, -0.05) is 0 Å². The lowest BCUT2D eigenvalue weighted by molar-refractivity contribution is 0.957. The SMILES string of the molecule is CN(CCS)c1ccc[nH]1. The van der Waals surface area contributed by atoms with Crippen molar-refractivity contribution in [2.24, 2.45) is 0 Å². The topological polar surface area (TPSA) is 19.0 Å². The highest BCUT2D eigenvalue weighted by Gasteiger charge is 1.96. The van der Waals surface area contributed by atoms with E-state index in [0.717, 1.165) is 18.1 Å². The lowest BCUT2D eigenvalue weighted by atomic mass is 10.5. The van der Waals surface area contributed by atoms with Gasteiger partial charge in [-0.15, -0.1) is 0 Å². The molecule has 2 nitrogen and oxygen atoms in total. The zero-order valence-corrected chi connectivity index (χ0v) is 6.94. The summed E-state index contributed by atoms with van der Waals surface area (Å²) < 4.78 is 0. The second-order valence-electron chi connectivity index (χ2n) is 2.20. The van der Waals surface area contributed by atoms with Crippen molar-refractivity contribution in [3.8, 4) is 0 Å². The Morgan fingerprint density at radius 1 is 1.70 bits per heavy atom. The van der Waals surface area contributed by atoms with E-state index in [1.165, 1.54) is 0 Å². The molecule has 1 rings (SSSR count). The minimum absolute atomic E-state index is 0.884. The van der Waals surface area contributed by atoms with Gasteiger partial charge in [0, 0.05) is 25.5 Å². The summed E-state index contributed by atoms with van der Waals surface area (Å²) in [6.45, 7) is 0.976. The molecular formula is C7H12N2S. The lowest BCUT2D eigenvalue weighted by Crippen LogP contribution is -2.19. The normalized spacial score (nSPS) is 9.80. The fourth-order valence-electron chi connectivity index (χ4n) is 0.829. The van der Waals surface area contributed by atoms with Gasteiger partial charge in [0.15, 0.2) is 0 Å². The number of aromatic nitrogens is 1. The van der Waals surface area contributed by atoms with Crippen LogP contribution in [0.15, 0.2) is 18.3 Å². The Hall–Kier alpha value is -0.570. The van der Waals surface area contributed by atoms with Gasteiger partial charge in [0.05, 0.1) is 0 Å². The van der Waals surface area contributed by atoms with E-state index in [-0.39, 0.29) is 0 Å². The molecule has 1 heterocycles. The fourth-order valence-corrected chi connectivity index (χ4v) is 1.13. The number of H-pyrrole nitrogens is 1. The van der Waals surface area contributed by atoms with Gasteiger partial charge in [-0.25, -0.2) is 0 Å². The van der Waals surface area contributed by atoms with Crippen molar-refractivity contribution in [2.45, 2.75) is 0 Å². The summed E-state index contributed by atoms with van der Waals surface area (Å²) in [6.07, 6.45) is 1.92. The molecule has 1 aromatic rings. The van der Waals surface area contributed by atoms with Crippen molar-refractivity contribution in [1.82, 2.24) is 4.98 Å². The fraction of sp³-hybridized carbons (Fsp3) is 0.429. The highest BCUT2D eigenvalue weighted by atomic mass is 32.1. The number of aromatic amines is 1. The molecule has 3 heteroatoms. The van der Waals surface area contributed by atoms with Crippen molar-refractivity contribution in [3.63, 3.8) is 0 Å². The third-order valence-electron chi connectivity index (χ3n) is 1.43. The summed E-state index contributed by atoms with van der Waals surface area (Å²) in [5.41, 5.74) is 0. The first kappa shape index (κ1) is 7.54. The first-order valence-electron chi connectivity index (χ1n) is 3.30. The van der Waals surface area contributed by atoms with E-state index in [1.54, 1.807) is 0 Å². The van der Waals surface area contributed by atoms with Crippen LogP contribution in [0.4, 0.5) is 5.82 Å². The third kappa shape index (κ3) is 1.70. The van der Waals surface area contributed by atoms with Gasteiger partial charge in [-0.05, 0) is 12.1 Å². The van der Waals surface area contributed by atoms with Gasteiger partial charge in [-0.3, -0.25) is 0 Å². The molecule has 0 aliphatic rings. The average molecular weight is 156 g/mol. The summed E-state index contributed by atoms with van der Waals surface area (Å²) in [5.74, 6) is 2.03. The molecule has 0 aliphatic carbocycles. The zero-order chi connectivity index (χ0) is 7.40. The number of anilines is 1. The van der Waals surface area contributed by atoms with Crippen LogP contribution in [0.1, 0.15) is 0 Å². The number of hydrogen-bond acceptors (Lipinski definition) is 2. The molecule has 1 N–H and O–H groups in total. The van der Waals surface area contributed by atoms with Gasteiger partial charge >= 0.3 is 0 Å². The van der Waals surface area contributed by atoms with Crippen LogP contribution in [-0.2, 0) is 0 Å². The molecule has 0 saturated carbocycles. The molecule has 0 atom stereocenters. The summed E-state index contributed by atoms with van der Waals surface area (Å²) in [5, 5.41) is 0. The highest BCUT2D eigenvalue weighted by Crippen LogP contribution is 2.06. The molecule has 1 aromatic heterocycles. The second-order valence-corrected chi connectivity index (χ2v) is 2.65. The minimum Gasteiger partial charge on any atom is -0.360 e. The van der Waals surface area contributed by atoms with Gasteiger partial charge in [0.2, 0.25) is 0 Å². The molecule has 0 amide bonds. The van der Waals surface area contributed by atoms with E-state index in [0.29, 0.717) is 0 Å². The van der Waals surface area contributed by atoms with Gasteiger partial charge in [0.1, 0.15) is 5.82 Å². The smallest absolute Gasteiger partial charge is 0.105 e. The Kier molecular flexibility index (Phi) is 2.68. The van der Waals surface area contributed by atoms with Crippen LogP contribution in [0.5, 0.6) is 0 Å². The van der Waals surface area contributed by atoms with Crippen molar-refractivity contribution >= 4 is 18.4 Å². The maximum atomic E-state index is 4.14. The van der Waals surface area contributed by atoms with Crippen molar-refractivity contribution in [2.75, 3.05) is 24.2 Å². The molecule has 0 fully saturated rings. The van der Waals surface area contributed by atoms with E-state index in [9.17, 15) is 0 Å². The molecule has 56 valence electrons. The molecule has 0 saturated heterocycles. The standard InChI is InChI=1S/C7H12N2S/c1-9(5-6-10)7-3-2-4-8-7/h2-4,8,10H,5-6H2,1H3. The quantitative estimate of drug-likeness (QED) is 0.633. The lowest BCUT2D eigenvalue weighted by Gasteiger charge is -2.14. The predicted molar refractivity (Wildman–Crippen MR) is 47.9 cm³/mol. The monoisotopic (exact) mass is 156 g/mol. The van der Waals surface area contributed by atoms with E-state index in [2.05, 4.69) is 22.5 Å². The number of thiol groups is 1. The summed E-state index contributed by atoms with van der Waals surface area (Å²) in [6, 6.07) is 4.04.